The molecule has 0 spiro atoms. The lowest BCUT2D eigenvalue weighted by atomic mass is 9.90. The first-order valence-electron chi connectivity index (χ1n) is 6.71. The molecule has 108 valence electrons. The first-order valence-corrected chi connectivity index (χ1v) is 8.26. The Kier molecular flexibility index (Phi) is 6.04. The topological polar surface area (TPSA) is 67.4 Å². The zero-order chi connectivity index (χ0) is 13.8. The summed E-state index contributed by atoms with van der Waals surface area (Å²) in [5.74, 6) is 0. The molecular weight excluding hydrogens is 252 g/mol. The molecule has 6 heteroatoms. The van der Waals surface area contributed by atoms with Crippen LogP contribution in [0, 0.1) is 0 Å². The average Bonchev–Trinajstić information content (AvgIpc) is 2.22. The van der Waals surface area contributed by atoms with E-state index in [1.54, 1.807) is 6.92 Å². The van der Waals surface area contributed by atoms with E-state index in [1.807, 2.05) is 20.8 Å². The van der Waals surface area contributed by atoms with Crippen molar-refractivity contribution in [3.8, 4) is 0 Å². The molecule has 1 saturated carbocycles. The molecule has 18 heavy (non-hydrogen) atoms. The van der Waals surface area contributed by atoms with Crippen molar-refractivity contribution in [2.45, 2.75) is 64.0 Å². The van der Waals surface area contributed by atoms with E-state index in [0.717, 1.165) is 12.8 Å². The van der Waals surface area contributed by atoms with Gasteiger partial charge in [-0.05, 0) is 26.7 Å². The van der Waals surface area contributed by atoms with Gasteiger partial charge >= 0.3 is 0 Å². The molecular formula is C12H26N2O3S. The molecule has 5 nitrogen and oxygen atoms in total. The van der Waals surface area contributed by atoms with Crippen molar-refractivity contribution in [2.75, 3.05) is 13.2 Å². The predicted octanol–water partition coefficient (Wildman–Crippen LogP) is 0.860. The molecule has 2 N–H and O–H groups in total. The third-order valence-corrected chi connectivity index (χ3v) is 5.06. The van der Waals surface area contributed by atoms with Crippen LogP contribution in [-0.4, -0.2) is 45.0 Å². The normalized spacial score (nSPS) is 26.1. The number of hydrogen-bond acceptors (Lipinski definition) is 4. The summed E-state index contributed by atoms with van der Waals surface area (Å²) >= 11 is 0. The van der Waals surface area contributed by atoms with Crippen molar-refractivity contribution in [2.24, 2.45) is 0 Å². The molecule has 0 radical (unpaired) electrons. The van der Waals surface area contributed by atoms with Crippen LogP contribution in [-0.2, 0) is 14.8 Å². The number of rotatable bonds is 8. The standard InChI is InChI=1S/C12H26N2O3S/c1-5-17-12-6-11(7-12)14-18(15,16)10(4)8-13-9(2)3/h9-14H,5-8H2,1-4H3. The molecule has 1 unspecified atom stereocenters. The predicted molar refractivity (Wildman–Crippen MR) is 73.1 cm³/mol. The Balaban J connectivity index is 2.32. The van der Waals surface area contributed by atoms with Crippen molar-refractivity contribution in [1.82, 2.24) is 10.0 Å². The minimum Gasteiger partial charge on any atom is -0.378 e. The maximum absolute atomic E-state index is 12.0. The Morgan fingerprint density at radius 1 is 1.28 bits per heavy atom. The summed E-state index contributed by atoms with van der Waals surface area (Å²) in [6, 6.07) is 0.349. The van der Waals surface area contributed by atoms with Crippen LogP contribution in [0.3, 0.4) is 0 Å². The molecule has 0 saturated heterocycles. The van der Waals surface area contributed by atoms with E-state index in [-0.39, 0.29) is 12.1 Å². The van der Waals surface area contributed by atoms with E-state index >= 15 is 0 Å². The fourth-order valence-corrected chi connectivity index (χ4v) is 3.10. The first-order chi connectivity index (χ1) is 8.35. The van der Waals surface area contributed by atoms with Crippen LogP contribution in [0.15, 0.2) is 0 Å². The lowest BCUT2D eigenvalue weighted by Crippen LogP contribution is -2.51. The van der Waals surface area contributed by atoms with Gasteiger partial charge in [0.2, 0.25) is 10.0 Å². The lowest BCUT2D eigenvalue weighted by molar-refractivity contribution is -0.00480. The van der Waals surface area contributed by atoms with E-state index in [0.29, 0.717) is 19.2 Å². The molecule has 1 aliphatic rings. The fraction of sp³-hybridized carbons (Fsp3) is 1.00. The lowest BCUT2D eigenvalue weighted by Gasteiger charge is -2.35. The summed E-state index contributed by atoms with van der Waals surface area (Å²) in [5, 5.41) is 2.73. The van der Waals surface area contributed by atoms with Gasteiger partial charge in [0.05, 0.1) is 11.4 Å². The minimum atomic E-state index is -3.22. The molecule has 1 atom stereocenters. The van der Waals surface area contributed by atoms with Crippen LogP contribution >= 0.6 is 0 Å². The fourth-order valence-electron chi connectivity index (χ4n) is 1.89. The van der Waals surface area contributed by atoms with Crippen molar-refractivity contribution < 1.29 is 13.2 Å². The zero-order valence-electron chi connectivity index (χ0n) is 11.8. The number of nitrogens with one attached hydrogen (secondary N) is 2. The van der Waals surface area contributed by atoms with Crippen molar-refractivity contribution >= 4 is 10.0 Å². The van der Waals surface area contributed by atoms with Gasteiger partial charge in [0.15, 0.2) is 0 Å². The van der Waals surface area contributed by atoms with Gasteiger partial charge in [-0.2, -0.15) is 0 Å². The number of ether oxygens (including phenoxy) is 1. The molecule has 0 amide bonds. The quantitative estimate of drug-likeness (QED) is 0.691. The van der Waals surface area contributed by atoms with Crippen LogP contribution < -0.4 is 10.0 Å². The van der Waals surface area contributed by atoms with Gasteiger partial charge in [0.1, 0.15) is 0 Å². The summed E-state index contributed by atoms with van der Waals surface area (Å²) in [4.78, 5) is 0. The van der Waals surface area contributed by atoms with Gasteiger partial charge in [-0.15, -0.1) is 0 Å². The van der Waals surface area contributed by atoms with Gasteiger partial charge < -0.3 is 10.1 Å². The van der Waals surface area contributed by atoms with Crippen LogP contribution in [0.2, 0.25) is 0 Å². The first kappa shape index (κ1) is 15.9. The smallest absolute Gasteiger partial charge is 0.215 e. The number of hydrogen-bond donors (Lipinski definition) is 2. The summed E-state index contributed by atoms with van der Waals surface area (Å²) in [5.41, 5.74) is 0. The third kappa shape index (κ3) is 4.84. The van der Waals surface area contributed by atoms with Crippen molar-refractivity contribution in [3.05, 3.63) is 0 Å². The Morgan fingerprint density at radius 3 is 2.39 bits per heavy atom. The molecule has 0 aromatic heterocycles. The Hall–Kier alpha value is -0.170. The molecule has 1 rings (SSSR count). The highest BCUT2D eigenvalue weighted by Crippen LogP contribution is 2.24. The average molecular weight is 278 g/mol. The van der Waals surface area contributed by atoms with E-state index in [9.17, 15) is 8.42 Å². The minimum absolute atomic E-state index is 0.0491. The zero-order valence-corrected chi connectivity index (χ0v) is 12.6. The largest absolute Gasteiger partial charge is 0.378 e. The second kappa shape index (κ2) is 6.84. The summed E-state index contributed by atoms with van der Waals surface area (Å²) < 4.78 is 32.2. The molecule has 0 aromatic carbocycles. The third-order valence-electron chi connectivity index (χ3n) is 3.17. The molecule has 0 bridgehead atoms. The summed E-state index contributed by atoms with van der Waals surface area (Å²) in [7, 11) is -3.22. The van der Waals surface area contributed by atoms with Crippen molar-refractivity contribution in [3.63, 3.8) is 0 Å². The van der Waals surface area contributed by atoms with Crippen LogP contribution in [0.25, 0.3) is 0 Å². The Bertz CT molecular complexity index is 337. The monoisotopic (exact) mass is 278 g/mol. The summed E-state index contributed by atoms with van der Waals surface area (Å²) in [6.45, 7) is 8.87. The van der Waals surface area contributed by atoms with E-state index in [2.05, 4.69) is 10.0 Å². The van der Waals surface area contributed by atoms with Crippen LogP contribution in [0.4, 0.5) is 0 Å². The van der Waals surface area contributed by atoms with Gasteiger partial charge in [-0.25, -0.2) is 13.1 Å². The Morgan fingerprint density at radius 2 is 1.89 bits per heavy atom. The molecule has 0 aromatic rings. The number of sulfonamides is 1. The van der Waals surface area contributed by atoms with Crippen LogP contribution in [0.5, 0.6) is 0 Å². The van der Waals surface area contributed by atoms with Gasteiger partial charge in [-0.1, -0.05) is 13.8 Å². The van der Waals surface area contributed by atoms with Gasteiger partial charge in [0.25, 0.3) is 0 Å². The van der Waals surface area contributed by atoms with Gasteiger partial charge in [-0.3, -0.25) is 0 Å². The van der Waals surface area contributed by atoms with E-state index in [4.69, 9.17) is 4.74 Å². The Labute approximate surface area is 111 Å². The summed E-state index contributed by atoms with van der Waals surface area (Å²) in [6.07, 6.45) is 1.81. The van der Waals surface area contributed by atoms with Crippen molar-refractivity contribution in [1.29, 1.82) is 0 Å². The highest BCUT2D eigenvalue weighted by atomic mass is 32.2. The van der Waals surface area contributed by atoms with E-state index < -0.39 is 15.3 Å². The molecule has 1 fully saturated rings. The molecule has 0 aliphatic heterocycles. The SMILES string of the molecule is CCOC1CC(NS(=O)(=O)C(C)CNC(C)C)C1. The molecule has 1 aliphatic carbocycles. The second-order valence-electron chi connectivity index (χ2n) is 5.28. The van der Waals surface area contributed by atoms with Crippen LogP contribution in [0.1, 0.15) is 40.5 Å². The highest BCUT2D eigenvalue weighted by molar-refractivity contribution is 7.90. The molecule has 0 heterocycles. The second-order valence-corrected chi connectivity index (χ2v) is 7.41. The maximum atomic E-state index is 12.0. The van der Waals surface area contributed by atoms with E-state index in [1.165, 1.54) is 0 Å². The van der Waals surface area contributed by atoms with Gasteiger partial charge in [0, 0.05) is 25.2 Å². The highest BCUT2D eigenvalue weighted by Gasteiger charge is 2.34. The maximum Gasteiger partial charge on any atom is 0.215 e.